The third-order valence-corrected chi connectivity index (χ3v) is 9.43. The van der Waals surface area contributed by atoms with E-state index in [9.17, 15) is 19.5 Å². The lowest BCUT2D eigenvalue weighted by molar-refractivity contribution is -0.161. The lowest BCUT2D eigenvalue weighted by Gasteiger charge is -2.40. The van der Waals surface area contributed by atoms with Crippen molar-refractivity contribution in [1.29, 1.82) is 0 Å². The maximum absolute atomic E-state index is 14.9. The highest BCUT2D eigenvalue weighted by atomic mass is 35.5. The van der Waals surface area contributed by atoms with E-state index in [1.54, 1.807) is 24.0 Å². The minimum Gasteiger partial charge on any atom is -0.466 e. The van der Waals surface area contributed by atoms with Crippen LogP contribution < -0.4 is 4.90 Å². The molecule has 0 aromatic heterocycles. The van der Waals surface area contributed by atoms with Crippen LogP contribution in [0.1, 0.15) is 50.3 Å². The van der Waals surface area contributed by atoms with Gasteiger partial charge in [0, 0.05) is 6.54 Å². The van der Waals surface area contributed by atoms with E-state index < -0.39 is 59.5 Å². The van der Waals surface area contributed by atoms with E-state index in [0.717, 1.165) is 5.56 Å². The van der Waals surface area contributed by atoms with Crippen molar-refractivity contribution < 1.29 is 29.0 Å². The van der Waals surface area contributed by atoms with Crippen LogP contribution in [0.3, 0.4) is 0 Å². The number of carbonyl (C=O) groups is 3. The predicted octanol–water partition coefficient (Wildman–Crippen LogP) is 4.62. The largest absolute Gasteiger partial charge is 0.466 e. The highest BCUT2D eigenvalue weighted by molar-refractivity contribution is 6.34. The van der Waals surface area contributed by atoms with Crippen LogP contribution in [-0.4, -0.2) is 64.8 Å². The van der Waals surface area contributed by atoms with Gasteiger partial charge in [-0.15, -0.1) is 6.58 Å². The normalized spacial score (nSPS) is 28.9. The molecule has 41 heavy (non-hydrogen) atoms. The maximum Gasteiger partial charge on any atom is 0.312 e. The standard InChI is InChI=1S/C32H37ClN2O6/c1-5-18-34(26-20(4)12-11-15-22(26)33)29(38)27-32-17-16-31(6-2,41-32)25(30(39)40-7-3)24(32)28(37)35(27)23(19-36)21-13-9-8-10-14-21/h5,8-15,23-25,27,36H,1,6-7,16-19H2,2-4H3/t23-,24+,25-,27?,31+,32?/m1/s1. The number of amides is 2. The summed E-state index contributed by atoms with van der Waals surface area (Å²) in [5.41, 5.74) is -0.216. The van der Waals surface area contributed by atoms with E-state index in [2.05, 4.69) is 6.58 Å². The van der Waals surface area contributed by atoms with Crippen molar-refractivity contribution >= 4 is 35.1 Å². The number of anilines is 1. The van der Waals surface area contributed by atoms with Crippen molar-refractivity contribution in [2.75, 3.05) is 24.7 Å². The Morgan fingerprint density at radius 3 is 2.56 bits per heavy atom. The average Bonchev–Trinajstić information content (AvgIpc) is 3.57. The minimum atomic E-state index is -1.28. The van der Waals surface area contributed by atoms with Crippen molar-refractivity contribution in [1.82, 2.24) is 4.90 Å². The summed E-state index contributed by atoms with van der Waals surface area (Å²) in [4.78, 5) is 46.0. The first-order valence-corrected chi connectivity index (χ1v) is 14.6. The number of hydrogen-bond donors (Lipinski definition) is 1. The van der Waals surface area contributed by atoms with Crippen molar-refractivity contribution in [3.63, 3.8) is 0 Å². The van der Waals surface area contributed by atoms with E-state index >= 15 is 0 Å². The predicted molar refractivity (Wildman–Crippen MR) is 155 cm³/mol. The summed E-state index contributed by atoms with van der Waals surface area (Å²) in [7, 11) is 0. The van der Waals surface area contributed by atoms with E-state index in [0.29, 0.717) is 35.5 Å². The number of aryl methyl sites for hydroxylation is 1. The van der Waals surface area contributed by atoms with Crippen LogP contribution in [0.15, 0.2) is 61.2 Å². The van der Waals surface area contributed by atoms with Gasteiger partial charge in [-0.3, -0.25) is 14.4 Å². The van der Waals surface area contributed by atoms with Crippen LogP contribution in [0.4, 0.5) is 5.69 Å². The Labute approximate surface area is 245 Å². The minimum absolute atomic E-state index is 0.137. The second-order valence-electron chi connectivity index (χ2n) is 11.1. The van der Waals surface area contributed by atoms with Gasteiger partial charge in [0.2, 0.25) is 5.91 Å². The summed E-state index contributed by atoms with van der Waals surface area (Å²) in [5.74, 6) is -3.08. The summed E-state index contributed by atoms with van der Waals surface area (Å²) < 4.78 is 12.3. The van der Waals surface area contributed by atoms with Crippen molar-refractivity contribution in [3.8, 4) is 0 Å². The van der Waals surface area contributed by atoms with Crippen LogP contribution >= 0.6 is 11.6 Å². The summed E-state index contributed by atoms with van der Waals surface area (Å²) in [6.07, 6.45) is 3.02. The van der Waals surface area contributed by atoms with E-state index in [1.807, 2.05) is 56.3 Å². The molecule has 5 rings (SSSR count). The number of fused-ring (bicyclic) bond motifs is 1. The Kier molecular flexibility index (Phi) is 8.03. The van der Waals surface area contributed by atoms with Gasteiger partial charge in [0.15, 0.2) is 0 Å². The number of ether oxygens (including phenoxy) is 2. The van der Waals surface area contributed by atoms with Crippen LogP contribution in [0, 0.1) is 18.8 Å². The van der Waals surface area contributed by atoms with Gasteiger partial charge < -0.3 is 24.4 Å². The molecule has 8 nitrogen and oxygen atoms in total. The number of hydrogen-bond acceptors (Lipinski definition) is 6. The number of esters is 1. The molecule has 2 unspecified atom stereocenters. The maximum atomic E-state index is 14.9. The van der Waals surface area contributed by atoms with Gasteiger partial charge >= 0.3 is 5.97 Å². The fraction of sp³-hybridized carbons (Fsp3) is 0.469. The molecule has 3 aliphatic heterocycles. The topological polar surface area (TPSA) is 96.4 Å². The first-order chi connectivity index (χ1) is 19.7. The Balaban J connectivity index is 1.71. The molecule has 218 valence electrons. The highest BCUT2D eigenvalue weighted by Gasteiger charge is 2.79. The van der Waals surface area contributed by atoms with Gasteiger partial charge in [-0.1, -0.05) is 67.1 Å². The van der Waals surface area contributed by atoms with Gasteiger partial charge in [0.25, 0.3) is 5.91 Å². The number of rotatable bonds is 10. The molecule has 3 saturated heterocycles. The molecule has 3 heterocycles. The molecule has 0 radical (unpaired) electrons. The number of carbonyl (C=O) groups excluding carboxylic acids is 3. The molecule has 2 bridgehead atoms. The molecule has 3 fully saturated rings. The lowest BCUT2D eigenvalue weighted by Crippen LogP contribution is -2.57. The first kappa shape index (κ1) is 29.3. The molecule has 9 heteroatoms. The second-order valence-corrected chi connectivity index (χ2v) is 11.5. The fourth-order valence-corrected chi connectivity index (χ4v) is 7.75. The van der Waals surface area contributed by atoms with Crippen LogP contribution in [0.25, 0.3) is 0 Å². The Morgan fingerprint density at radius 2 is 1.95 bits per heavy atom. The Bertz CT molecular complexity index is 1330. The molecule has 6 atom stereocenters. The summed E-state index contributed by atoms with van der Waals surface area (Å²) in [6, 6.07) is 12.6. The first-order valence-electron chi connectivity index (χ1n) is 14.2. The van der Waals surface area contributed by atoms with Gasteiger partial charge in [-0.05, 0) is 50.3 Å². The molecule has 0 aliphatic carbocycles. The van der Waals surface area contributed by atoms with Crippen LogP contribution in [0.5, 0.6) is 0 Å². The van der Waals surface area contributed by atoms with Crippen molar-refractivity contribution in [2.24, 2.45) is 11.8 Å². The van der Waals surface area contributed by atoms with Crippen molar-refractivity contribution in [3.05, 3.63) is 77.3 Å². The number of aliphatic hydroxyl groups is 1. The molecule has 2 amide bonds. The number of halogens is 1. The zero-order valence-corrected chi connectivity index (χ0v) is 24.5. The number of likely N-dealkylation sites (tertiary alicyclic amines) is 1. The van der Waals surface area contributed by atoms with Crippen LogP contribution in [0.2, 0.25) is 5.02 Å². The fourth-order valence-electron chi connectivity index (χ4n) is 7.42. The third kappa shape index (κ3) is 4.39. The van der Waals surface area contributed by atoms with Gasteiger partial charge in [0.1, 0.15) is 17.6 Å². The number of para-hydroxylation sites is 1. The number of benzene rings is 2. The van der Waals surface area contributed by atoms with Crippen molar-refractivity contribution in [2.45, 2.75) is 63.3 Å². The smallest absolute Gasteiger partial charge is 0.312 e. The molecule has 2 aromatic rings. The zero-order chi connectivity index (χ0) is 29.5. The molecular formula is C32H37ClN2O6. The second kappa shape index (κ2) is 11.2. The molecule has 3 aliphatic rings. The lowest BCUT2D eigenvalue weighted by atomic mass is 9.65. The molecule has 1 spiro atoms. The zero-order valence-electron chi connectivity index (χ0n) is 23.7. The molecule has 1 N–H and O–H groups in total. The Hall–Kier alpha value is -3.20. The number of nitrogens with zero attached hydrogens (tertiary/aromatic N) is 2. The van der Waals surface area contributed by atoms with E-state index in [4.69, 9.17) is 21.1 Å². The number of aliphatic hydroxyl groups excluding tert-OH is 1. The monoisotopic (exact) mass is 580 g/mol. The molecule has 2 aromatic carbocycles. The highest BCUT2D eigenvalue weighted by Crippen LogP contribution is 2.65. The molecule has 0 saturated carbocycles. The van der Waals surface area contributed by atoms with E-state index in [1.165, 1.54) is 4.90 Å². The quantitative estimate of drug-likeness (QED) is 0.325. The van der Waals surface area contributed by atoms with Gasteiger partial charge in [0.05, 0.1) is 41.5 Å². The van der Waals surface area contributed by atoms with E-state index in [-0.39, 0.29) is 13.2 Å². The van der Waals surface area contributed by atoms with Gasteiger partial charge in [-0.2, -0.15) is 0 Å². The summed E-state index contributed by atoms with van der Waals surface area (Å²) >= 11 is 6.65. The third-order valence-electron chi connectivity index (χ3n) is 9.12. The Morgan fingerprint density at radius 1 is 1.22 bits per heavy atom. The SMILES string of the molecule is C=CCN(C(=O)C1N([C@H](CO)c2ccccc2)C(=O)[C@@H]2[C@H](C(=O)OCC)[C@]3(CC)CCC12O3)c1c(C)cccc1Cl. The molecular weight excluding hydrogens is 544 g/mol. The van der Waals surface area contributed by atoms with Crippen LogP contribution in [-0.2, 0) is 23.9 Å². The van der Waals surface area contributed by atoms with Gasteiger partial charge in [-0.25, -0.2) is 0 Å². The average molecular weight is 581 g/mol. The summed E-state index contributed by atoms with van der Waals surface area (Å²) in [6.45, 7) is 9.28. The summed E-state index contributed by atoms with van der Waals surface area (Å²) in [5, 5.41) is 11.1.